The Morgan fingerprint density at radius 3 is 1.70 bits per heavy atom. The quantitative estimate of drug-likeness (QED) is 0.640. The average Bonchev–Trinajstić information content (AvgIpc) is 2.22. The maximum absolute atomic E-state index is 11.8. The van der Waals surface area contributed by atoms with E-state index in [1.54, 1.807) is 0 Å². The van der Waals surface area contributed by atoms with Crippen LogP contribution in [0.5, 0.6) is 0 Å². The number of hydrogen-bond donors (Lipinski definition) is 0. The van der Waals surface area contributed by atoms with Crippen LogP contribution in [0.15, 0.2) is 0 Å². The van der Waals surface area contributed by atoms with Crippen molar-refractivity contribution in [3.63, 3.8) is 0 Å². The van der Waals surface area contributed by atoms with Crippen LogP contribution in [0.2, 0.25) is 0 Å². The number of esters is 2. The lowest BCUT2D eigenvalue weighted by Gasteiger charge is -2.27. The second-order valence-corrected chi connectivity index (χ2v) is 6.52. The Morgan fingerprint density at radius 2 is 1.30 bits per heavy atom. The maximum atomic E-state index is 11.8. The van der Waals surface area contributed by atoms with Crippen LogP contribution >= 0.6 is 0 Å². The smallest absolute Gasteiger partial charge is 0.306 e. The zero-order valence-corrected chi connectivity index (χ0v) is 13.9. The first-order chi connectivity index (χ1) is 9.13. The highest BCUT2D eigenvalue weighted by atomic mass is 16.5. The van der Waals surface area contributed by atoms with E-state index in [1.807, 2.05) is 48.5 Å². The van der Waals surface area contributed by atoms with Crippen molar-refractivity contribution in [2.45, 2.75) is 73.5 Å². The zero-order valence-electron chi connectivity index (χ0n) is 13.9. The van der Waals surface area contributed by atoms with Crippen LogP contribution in [0.4, 0.5) is 0 Å². The molecule has 0 aliphatic heterocycles. The van der Waals surface area contributed by atoms with E-state index in [1.165, 1.54) is 0 Å². The molecule has 0 aromatic heterocycles. The van der Waals surface area contributed by atoms with Crippen LogP contribution in [0.1, 0.15) is 61.3 Å². The summed E-state index contributed by atoms with van der Waals surface area (Å²) < 4.78 is 10.7. The van der Waals surface area contributed by atoms with Crippen LogP contribution in [0.3, 0.4) is 0 Å². The number of carbonyl (C=O) groups is 2. The number of hydrogen-bond acceptors (Lipinski definition) is 4. The maximum Gasteiger partial charge on any atom is 0.306 e. The number of ether oxygens (including phenoxy) is 2. The molecule has 0 spiro atoms. The molecule has 0 saturated carbocycles. The standard InChI is InChI=1S/C16H30O4/c1-10(2)8-14(17)20-16(11(3)4)13(7)9-15(18)19-12(5)6/h10-13,16H,8-9H2,1-7H3. The normalized spacial score (nSPS) is 14.5. The first-order valence-corrected chi connectivity index (χ1v) is 7.52. The van der Waals surface area contributed by atoms with Gasteiger partial charge in [-0.1, -0.05) is 34.6 Å². The summed E-state index contributed by atoms with van der Waals surface area (Å²) in [5.41, 5.74) is 0. The van der Waals surface area contributed by atoms with Gasteiger partial charge < -0.3 is 9.47 Å². The molecular formula is C16H30O4. The molecule has 118 valence electrons. The lowest BCUT2D eigenvalue weighted by molar-refractivity contribution is -0.160. The third-order valence-electron chi connectivity index (χ3n) is 2.92. The van der Waals surface area contributed by atoms with Gasteiger partial charge in [-0.2, -0.15) is 0 Å². The molecule has 2 unspecified atom stereocenters. The van der Waals surface area contributed by atoms with E-state index < -0.39 is 0 Å². The average molecular weight is 286 g/mol. The van der Waals surface area contributed by atoms with Crippen molar-refractivity contribution in [1.29, 1.82) is 0 Å². The van der Waals surface area contributed by atoms with Crippen LogP contribution < -0.4 is 0 Å². The summed E-state index contributed by atoms with van der Waals surface area (Å²) in [7, 11) is 0. The van der Waals surface area contributed by atoms with Gasteiger partial charge in [0.1, 0.15) is 6.10 Å². The lowest BCUT2D eigenvalue weighted by Crippen LogP contribution is -2.32. The Balaban J connectivity index is 4.51. The van der Waals surface area contributed by atoms with Gasteiger partial charge in [-0.15, -0.1) is 0 Å². The summed E-state index contributed by atoms with van der Waals surface area (Å²) in [6, 6.07) is 0. The van der Waals surface area contributed by atoms with E-state index in [4.69, 9.17) is 9.47 Å². The number of carbonyl (C=O) groups excluding carboxylic acids is 2. The van der Waals surface area contributed by atoms with E-state index >= 15 is 0 Å². The van der Waals surface area contributed by atoms with E-state index in [0.717, 1.165) is 0 Å². The minimum Gasteiger partial charge on any atom is -0.463 e. The molecule has 0 amide bonds. The highest BCUT2D eigenvalue weighted by Crippen LogP contribution is 2.21. The third-order valence-corrected chi connectivity index (χ3v) is 2.92. The Hall–Kier alpha value is -1.06. The van der Waals surface area contributed by atoms with Gasteiger partial charge in [0.05, 0.1) is 12.5 Å². The van der Waals surface area contributed by atoms with Gasteiger partial charge in [0.15, 0.2) is 0 Å². The first kappa shape index (κ1) is 18.9. The Kier molecular flexibility index (Phi) is 8.51. The molecule has 2 atom stereocenters. The minimum absolute atomic E-state index is 0.0441. The molecule has 4 nitrogen and oxygen atoms in total. The van der Waals surface area contributed by atoms with Crippen molar-refractivity contribution < 1.29 is 19.1 Å². The van der Waals surface area contributed by atoms with Gasteiger partial charge in [0.25, 0.3) is 0 Å². The van der Waals surface area contributed by atoms with Gasteiger partial charge >= 0.3 is 11.9 Å². The molecule has 20 heavy (non-hydrogen) atoms. The summed E-state index contributed by atoms with van der Waals surface area (Å²) in [5, 5.41) is 0. The van der Waals surface area contributed by atoms with E-state index in [9.17, 15) is 9.59 Å². The van der Waals surface area contributed by atoms with Crippen molar-refractivity contribution in [2.75, 3.05) is 0 Å². The number of rotatable bonds is 8. The first-order valence-electron chi connectivity index (χ1n) is 7.52. The van der Waals surface area contributed by atoms with Gasteiger partial charge in [-0.25, -0.2) is 0 Å². The highest BCUT2D eigenvalue weighted by molar-refractivity contribution is 5.71. The highest BCUT2D eigenvalue weighted by Gasteiger charge is 2.27. The minimum atomic E-state index is -0.249. The molecule has 0 aliphatic rings. The van der Waals surface area contributed by atoms with Gasteiger partial charge in [0.2, 0.25) is 0 Å². The molecule has 4 heteroatoms. The molecule has 0 bridgehead atoms. The fourth-order valence-corrected chi connectivity index (χ4v) is 2.13. The summed E-state index contributed by atoms with van der Waals surface area (Å²) in [4.78, 5) is 23.5. The molecule has 0 aromatic carbocycles. The summed E-state index contributed by atoms with van der Waals surface area (Å²) in [5.74, 6) is -0.0253. The van der Waals surface area contributed by atoms with Crippen LogP contribution in [0.25, 0.3) is 0 Å². The Labute approximate surface area is 123 Å². The molecule has 0 fully saturated rings. The van der Waals surface area contributed by atoms with Crippen molar-refractivity contribution in [3.05, 3.63) is 0 Å². The second-order valence-electron chi connectivity index (χ2n) is 6.52. The summed E-state index contributed by atoms with van der Waals surface area (Å²) in [6.45, 7) is 13.5. The summed E-state index contributed by atoms with van der Waals surface area (Å²) in [6.07, 6.45) is 0.319. The van der Waals surface area contributed by atoms with Crippen molar-refractivity contribution >= 4 is 11.9 Å². The topological polar surface area (TPSA) is 52.6 Å². The Bertz CT molecular complexity index is 308. The van der Waals surface area contributed by atoms with Crippen LogP contribution in [-0.4, -0.2) is 24.1 Å². The second kappa shape index (κ2) is 8.98. The largest absolute Gasteiger partial charge is 0.463 e. The van der Waals surface area contributed by atoms with Crippen LogP contribution in [-0.2, 0) is 19.1 Å². The fraction of sp³-hybridized carbons (Fsp3) is 0.875. The monoisotopic (exact) mass is 286 g/mol. The van der Waals surface area contributed by atoms with E-state index in [0.29, 0.717) is 6.42 Å². The van der Waals surface area contributed by atoms with Crippen molar-refractivity contribution in [3.8, 4) is 0 Å². The van der Waals surface area contributed by atoms with E-state index in [-0.39, 0.29) is 48.3 Å². The third kappa shape index (κ3) is 8.18. The zero-order chi connectivity index (χ0) is 15.9. The molecule has 0 rings (SSSR count). The molecule has 0 radical (unpaired) electrons. The molecule has 0 aromatic rings. The van der Waals surface area contributed by atoms with Gasteiger partial charge in [-0.05, 0) is 25.7 Å². The molecule has 0 aliphatic carbocycles. The molecule has 0 saturated heterocycles. The van der Waals surface area contributed by atoms with Crippen LogP contribution in [0, 0.1) is 17.8 Å². The predicted octanol–water partition coefficient (Wildman–Crippen LogP) is 3.58. The summed E-state index contributed by atoms with van der Waals surface area (Å²) >= 11 is 0. The fourth-order valence-electron chi connectivity index (χ4n) is 2.13. The van der Waals surface area contributed by atoms with Crippen molar-refractivity contribution in [2.24, 2.45) is 17.8 Å². The Morgan fingerprint density at radius 1 is 0.800 bits per heavy atom. The predicted molar refractivity (Wildman–Crippen MR) is 79.2 cm³/mol. The lowest BCUT2D eigenvalue weighted by atomic mass is 9.92. The molecular weight excluding hydrogens is 256 g/mol. The SMILES string of the molecule is CC(C)CC(=O)OC(C(C)C)C(C)CC(=O)OC(C)C. The van der Waals surface area contributed by atoms with Gasteiger partial charge in [-0.3, -0.25) is 9.59 Å². The van der Waals surface area contributed by atoms with Crippen molar-refractivity contribution in [1.82, 2.24) is 0 Å². The van der Waals surface area contributed by atoms with E-state index in [2.05, 4.69) is 0 Å². The molecule has 0 N–H and O–H groups in total. The molecule has 0 heterocycles. The van der Waals surface area contributed by atoms with Gasteiger partial charge in [0, 0.05) is 12.3 Å².